The number of benzene rings is 1. The zero-order chi connectivity index (χ0) is 23.3. The van der Waals surface area contributed by atoms with E-state index in [0.717, 1.165) is 37.1 Å². The van der Waals surface area contributed by atoms with Crippen LogP contribution in [0.1, 0.15) is 18.4 Å². The maximum Gasteiger partial charge on any atom is 0.355 e. The molecule has 2 heterocycles. The Hall–Kier alpha value is -2.58. The van der Waals surface area contributed by atoms with Crippen molar-refractivity contribution in [3.8, 4) is 0 Å². The number of nitrogens with two attached hydrogens (primary N) is 1. The van der Waals surface area contributed by atoms with Gasteiger partial charge in [0.15, 0.2) is 5.69 Å². The van der Waals surface area contributed by atoms with Crippen LogP contribution in [0.4, 0.5) is 5.69 Å². The lowest BCUT2D eigenvalue weighted by Gasteiger charge is -2.37. The van der Waals surface area contributed by atoms with Crippen LogP contribution in [0.25, 0.3) is 0 Å². The van der Waals surface area contributed by atoms with E-state index in [4.69, 9.17) is 5.73 Å². The Morgan fingerprint density at radius 3 is 2.61 bits per heavy atom. The fourth-order valence-electron chi connectivity index (χ4n) is 5.94. The quantitative estimate of drug-likeness (QED) is 0.672. The molecule has 2 unspecified atom stereocenters. The molecule has 0 radical (unpaired) electrons. The van der Waals surface area contributed by atoms with Crippen molar-refractivity contribution in [1.82, 2.24) is 9.21 Å². The zero-order valence-corrected chi connectivity index (χ0v) is 19.6. The van der Waals surface area contributed by atoms with E-state index in [9.17, 15) is 13.2 Å². The third kappa shape index (κ3) is 3.34. The number of carbonyl (C=O) groups excluding carboxylic acids is 1. The second kappa shape index (κ2) is 8.02. The summed E-state index contributed by atoms with van der Waals surface area (Å²) < 4.78 is 26.3. The third-order valence-electron chi connectivity index (χ3n) is 7.61. The second-order valence-corrected chi connectivity index (χ2v) is 11.5. The molecule has 4 aliphatic rings. The summed E-state index contributed by atoms with van der Waals surface area (Å²) in [5.41, 5.74) is 9.58. The van der Waals surface area contributed by atoms with Gasteiger partial charge in [-0.05, 0) is 37.1 Å². The van der Waals surface area contributed by atoms with Gasteiger partial charge in [-0.3, -0.25) is 0 Å². The molecule has 0 bridgehead atoms. The number of fused-ring (bicyclic) bond motifs is 3. The first-order valence-electron chi connectivity index (χ1n) is 11.4. The number of nitrogens with one attached hydrogen (secondary N) is 1. The van der Waals surface area contributed by atoms with E-state index in [2.05, 4.69) is 5.32 Å². The van der Waals surface area contributed by atoms with Gasteiger partial charge in [0.25, 0.3) is 0 Å². The maximum absolute atomic E-state index is 14.3. The molecule has 2 aliphatic carbocycles. The van der Waals surface area contributed by atoms with Gasteiger partial charge in [-0.2, -0.15) is 8.42 Å². The average molecular weight is 465 g/mol. The summed E-state index contributed by atoms with van der Waals surface area (Å²) in [6.07, 6.45) is 18.3. The molecule has 7 heteroatoms. The minimum absolute atomic E-state index is 0.158. The van der Waals surface area contributed by atoms with Crippen molar-refractivity contribution < 1.29 is 13.2 Å². The Balaban J connectivity index is 1.64. The van der Waals surface area contributed by atoms with E-state index in [1.807, 2.05) is 66.8 Å². The monoisotopic (exact) mass is 464 g/mol. The van der Waals surface area contributed by atoms with Crippen LogP contribution in [-0.4, -0.2) is 46.3 Å². The Morgan fingerprint density at radius 1 is 1.12 bits per heavy atom. The molecule has 3 atom stereocenters. The van der Waals surface area contributed by atoms with Gasteiger partial charge in [-0.15, -0.1) is 3.89 Å². The lowest BCUT2D eigenvalue weighted by molar-refractivity contribution is -0.126. The Morgan fingerprint density at radius 2 is 1.85 bits per heavy atom. The summed E-state index contributed by atoms with van der Waals surface area (Å²) in [4.78, 5) is 14.3. The van der Waals surface area contributed by atoms with Crippen LogP contribution >= 0.6 is 0 Å². The number of carbonyl (C=O) groups is 1. The van der Waals surface area contributed by atoms with Crippen LogP contribution in [0, 0.1) is 5.92 Å². The second-order valence-electron chi connectivity index (χ2n) is 9.43. The number of allylic oxidation sites excluding steroid dienone is 9. The molecule has 1 amide bonds. The minimum Gasteiger partial charge on any atom is -0.317 e. The van der Waals surface area contributed by atoms with Gasteiger partial charge in [0.2, 0.25) is 0 Å². The van der Waals surface area contributed by atoms with Gasteiger partial charge >= 0.3 is 15.9 Å². The first-order valence-corrected chi connectivity index (χ1v) is 13.3. The average Bonchev–Trinajstić information content (AvgIpc) is 2.95. The van der Waals surface area contributed by atoms with Crippen LogP contribution in [0.3, 0.4) is 0 Å². The summed E-state index contributed by atoms with van der Waals surface area (Å²) in [5, 5.41) is 3.37. The van der Waals surface area contributed by atoms with Gasteiger partial charge in [0, 0.05) is 17.5 Å². The molecule has 2 aliphatic heterocycles. The molecular weight excluding hydrogens is 434 g/mol. The number of sulfonamides is 1. The number of quaternary nitrogens is 1. The lowest BCUT2D eigenvalue weighted by Crippen LogP contribution is -2.64. The fraction of sp³-hybridized carbons (Fsp3) is 0.346. The van der Waals surface area contributed by atoms with Gasteiger partial charge in [0.05, 0.1) is 11.7 Å². The highest BCUT2D eigenvalue weighted by Crippen LogP contribution is 2.52. The van der Waals surface area contributed by atoms with Gasteiger partial charge in [-0.1, -0.05) is 66.8 Å². The Bertz CT molecular complexity index is 1250. The largest absolute Gasteiger partial charge is 0.355 e. The molecule has 3 N–H and O–H groups in total. The van der Waals surface area contributed by atoms with Crippen molar-refractivity contribution >= 4 is 21.6 Å². The Kier molecular flexibility index (Phi) is 5.40. The van der Waals surface area contributed by atoms with Crippen molar-refractivity contribution in [3.63, 3.8) is 0 Å². The van der Waals surface area contributed by atoms with Crippen LogP contribution in [0.5, 0.6) is 0 Å². The maximum atomic E-state index is 14.3. The molecule has 0 saturated carbocycles. The number of hydrogen-bond acceptors (Lipinski definition) is 5. The van der Waals surface area contributed by atoms with E-state index >= 15 is 0 Å². The summed E-state index contributed by atoms with van der Waals surface area (Å²) in [5.74, 6) is -0.640. The summed E-state index contributed by atoms with van der Waals surface area (Å²) in [6, 6.07) is 6.49. The molecule has 33 heavy (non-hydrogen) atoms. The van der Waals surface area contributed by atoms with Gasteiger partial charge in [-0.25, -0.2) is 4.79 Å². The molecule has 1 saturated heterocycles. The SMILES string of the molecule is CS(=O)(=O)[N+]1(C(=O)[C@H](N)C2=CC=CC=C3C=CC=CC32)CC2(CCNCC2)c2ccccc21. The van der Waals surface area contributed by atoms with Gasteiger partial charge in [0.1, 0.15) is 12.6 Å². The number of rotatable bonds is 3. The number of hydrogen-bond donors (Lipinski definition) is 2. The first-order chi connectivity index (χ1) is 15.8. The Labute approximate surface area is 195 Å². The highest BCUT2D eigenvalue weighted by Gasteiger charge is 2.63. The minimum atomic E-state index is -3.88. The lowest BCUT2D eigenvalue weighted by atomic mass is 9.75. The summed E-state index contributed by atoms with van der Waals surface area (Å²) >= 11 is 0. The van der Waals surface area contributed by atoms with E-state index in [1.54, 1.807) is 6.07 Å². The first kappa shape index (κ1) is 22.2. The summed E-state index contributed by atoms with van der Waals surface area (Å²) in [6.45, 7) is 1.79. The molecule has 1 fully saturated rings. The third-order valence-corrected chi connectivity index (χ3v) is 9.25. The number of amides is 1. The van der Waals surface area contributed by atoms with Crippen LogP contribution in [0.15, 0.2) is 84.0 Å². The van der Waals surface area contributed by atoms with E-state index in [-0.39, 0.29) is 17.9 Å². The molecule has 1 aromatic rings. The van der Waals surface area contributed by atoms with Crippen LogP contribution in [-0.2, 0) is 20.2 Å². The van der Waals surface area contributed by atoms with E-state index < -0.39 is 25.9 Å². The van der Waals surface area contributed by atoms with Crippen molar-refractivity contribution in [2.75, 3.05) is 25.9 Å². The smallest absolute Gasteiger partial charge is 0.317 e. The van der Waals surface area contributed by atoms with E-state index in [0.29, 0.717) is 11.3 Å². The molecule has 6 nitrogen and oxygen atoms in total. The predicted octanol–water partition coefficient (Wildman–Crippen LogP) is 2.61. The normalized spacial score (nSPS) is 28.5. The van der Waals surface area contributed by atoms with Crippen molar-refractivity contribution in [2.45, 2.75) is 24.3 Å². The van der Waals surface area contributed by atoms with Crippen molar-refractivity contribution in [2.24, 2.45) is 11.7 Å². The fourth-order valence-corrected chi connectivity index (χ4v) is 7.38. The predicted molar refractivity (Wildman–Crippen MR) is 132 cm³/mol. The molecule has 1 aromatic carbocycles. The van der Waals surface area contributed by atoms with Crippen molar-refractivity contribution in [1.29, 1.82) is 0 Å². The summed E-state index contributed by atoms with van der Waals surface area (Å²) in [7, 11) is -3.88. The standard InChI is InChI=1S/C26H30N3O3S/c1-33(31,32)29(18-26(14-16-28-17-15-26)22-12-6-7-13-23(22)29)25(30)24(27)21-11-5-3-9-19-8-2-4-10-20(19)21/h2-13,20,24,28H,14-18,27H2,1H3/q+1/t20?,24-,29?/m1/s1. The van der Waals surface area contributed by atoms with Gasteiger partial charge < -0.3 is 11.1 Å². The number of piperidine rings is 1. The van der Waals surface area contributed by atoms with Crippen LogP contribution < -0.4 is 14.9 Å². The van der Waals surface area contributed by atoms with E-state index in [1.165, 1.54) is 6.26 Å². The molecular formula is C26H30N3O3S+. The van der Waals surface area contributed by atoms with Crippen LogP contribution in [0.2, 0.25) is 0 Å². The molecule has 172 valence electrons. The molecule has 5 rings (SSSR count). The number of nitrogens with zero attached hydrogens (tertiary/aromatic N) is 1. The topological polar surface area (TPSA) is 89.3 Å². The molecule has 0 aromatic heterocycles. The molecule has 1 spiro atoms. The van der Waals surface area contributed by atoms with Crippen molar-refractivity contribution in [3.05, 3.63) is 89.6 Å². The highest BCUT2D eigenvalue weighted by molar-refractivity contribution is 7.90. The zero-order valence-electron chi connectivity index (χ0n) is 18.8. The number of para-hydroxylation sites is 1. The highest BCUT2D eigenvalue weighted by atomic mass is 32.2.